The van der Waals surface area contributed by atoms with Crippen molar-refractivity contribution in [2.24, 2.45) is 0 Å². The molecule has 1 aliphatic heterocycles. The number of aryl methyl sites for hydroxylation is 2. The Hall–Kier alpha value is -2.82. The zero-order valence-corrected chi connectivity index (χ0v) is 13.2. The maximum absolute atomic E-state index is 5.74. The number of fused-ring (bicyclic) bond motifs is 1. The van der Waals surface area contributed by atoms with E-state index in [1.807, 2.05) is 44.2 Å². The Bertz CT molecular complexity index is 869. The number of H-pyrrole nitrogens is 1. The number of aromatic nitrogens is 3. The minimum Gasteiger partial charge on any atom is -0.490 e. The monoisotopic (exact) mass is 306 g/mol. The van der Waals surface area contributed by atoms with Crippen LogP contribution in [0.2, 0.25) is 0 Å². The molecule has 3 aromatic rings. The average Bonchev–Trinajstić information content (AvgIpc) is 2.96. The van der Waals surface area contributed by atoms with E-state index in [9.17, 15) is 0 Å². The predicted octanol–water partition coefficient (Wildman–Crippen LogP) is 3.56. The van der Waals surface area contributed by atoms with Crippen LogP contribution in [0.25, 0.3) is 22.6 Å². The quantitative estimate of drug-likeness (QED) is 0.760. The Balaban J connectivity index is 1.83. The lowest BCUT2D eigenvalue weighted by atomic mass is 10.1. The summed E-state index contributed by atoms with van der Waals surface area (Å²) < 4.78 is 5.74. The summed E-state index contributed by atoms with van der Waals surface area (Å²) in [5.41, 5.74) is 5.78. The first-order chi connectivity index (χ1) is 11.2. The summed E-state index contributed by atoms with van der Waals surface area (Å²) in [5.74, 6) is 1.74. The van der Waals surface area contributed by atoms with Crippen LogP contribution in [-0.2, 0) is 0 Å². The molecule has 0 amide bonds. The highest BCUT2D eigenvalue weighted by Crippen LogP contribution is 2.35. The molecule has 3 heterocycles. The molecule has 0 bridgehead atoms. The van der Waals surface area contributed by atoms with Crippen LogP contribution in [0.3, 0.4) is 0 Å². The standard InChI is InChI=1S/C18H18N4O/c1-11-4-3-5-15(20-11)18-17(21-12(2)22-18)13-6-7-14-16(10-13)23-9-8-19-14/h3-7,10,19H,8-9H2,1-2H3,(H,21,22). The van der Waals surface area contributed by atoms with E-state index in [0.717, 1.165) is 52.1 Å². The molecule has 0 radical (unpaired) electrons. The highest BCUT2D eigenvalue weighted by atomic mass is 16.5. The SMILES string of the molecule is Cc1cccc(-c2[nH]c(C)nc2-c2ccc3c(c2)OCCN3)n1. The van der Waals surface area contributed by atoms with Gasteiger partial charge < -0.3 is 15.0 Å². The van der Waals surface area contributed by atoms with Gasteiger partial charge in [-0.3, -0.25) is 4.98 Å². The van der Waals surface area contributed by atoms with Crippen LogP contribution in [0.15, 0.2) is 36.4 Å². The van der Waals surface area contributed by atoms with E-state index in [0.29, 0.717) is 6.61 Å². The summed E-state index contributed by atoms with van der Waals surface area (Å²) in [4.78, 5) is 12.6. The minimum absolute atomic E-state index is 0.683. The number of imidazole rings is 1. The fourth-order valence-corrected chi connectivity index (χ4v) is 2.85. The molecule has 2 aromatic heterocycles. The molecular formula is C18H18N4O. The van der Waals surface area contributed by atoms with Gasteiger partial charge in [0.1, 0.15) is 18.2 Å². The zero-order valence-electron chi connectivity index (χ0n) is 13.2. The van der Waals surface area contributed by atoms with Gasteiger partial charge in [0.25, 0.3) is 0 Å². The Labute approximate surface area is 134 Å². The topological polar surface area (TPSA) is 62.8 Å². The first-order valence-corrected chi connectivity index (χ1v) is 7.72. The number of ether oxygens (including phenoxy) is 1. The van der Waals surface area contributed by atoms with Gasteiger partial charge in [0.2, 0.25) is 0 Å². The van der Waals surface area contributed by atoms with Crippen LogP contribution >= 0.6 is 0 Å². The molecule has 116 valence electrons. The van der Waals surface area contributed by atoms with Crippen LogP contribution in [0, 0.1) is 13.8 Å². The van der Waals surface area contributed by atoms with Crippen LogP contribution in [0.1, 0.15) is 11.5 Å². The smallest absolute Gasteiger partial charge is 0.143 e. The first-order valence-electron chi connectivity index (χ1n) is 7.72. The Kier molecular flexibility index (Phi) is 3.26. The number of nitrogens with one attached hydrogen (secondary N) is 2. The van der Waals surface area contributed by atoms with Gasteiger partial charge in [-0.2, -0.15) is 0 Å². The minimum atomic E-state index is 0.683. The first kappa shape index (κ1) is 13.8. The molecule has 5 heteroatoms. The third-order valence-corrected chi connectivity index (χ3v) is 3.90. The molecular weight excluding hydrogens is 288 g/mol. The normalized spacial score (nSPS) is 13.1. The number of rotatable bonds is 2. The number of hydrogen-bond acceptors (Lipinski definition) is 4. The van der Waals surface area contributed by atoms with E-state index < -0.39 is 0 Å². The van der Waals surface area contributed by atoms with E-state index >= 15 is 0 Å². The molecule has 2 N–H and O–H groups in total. The maximum Gasteiger partial charge on any atom is 0.143 e. The van der Waals surface area contributed by atoms with Gasteiger partial charge in [0, 0.05) is 17.8 Å². The van der Waals surface area contributed by atoms with Crippen LogP contribution in [0.5, 0.6) is 5.75 Å². The molecule has 0 atom stereocenters. The summed E-state index contributed by atoms with van der Waals surface area (Å²) in [6.07, 6.45) is 0. The zero-order chi connectivity index (χ0) is 15.8. The lowest BCUT2D eigenvalue weighted by Gasteiger charge is -2.19. The molecule has 1 aromatic carbocycles. The molecule has 0 spiro atoms. The summed E-state index contributed by atoms with van der Waals surface area (Å²) in [7, 11) is 0. The summed E-state index contributed by atoms with van der Waals surface area (Å²) in [6.45, 7) is 5.47. The van der Waals surface area contributed by atoms with Crippen LogP contribution in [0.4, 0.5) is 5.69 Å². The number of pyridine rings is 1. The summed E-state index contributed by atoms with van der Waals surface area (Å²) in [6, 6.07) is 12.1. The van der Waals surface area contributed by atoms with E-state index in [1.54, 1.807) is 0 Å². The summed E-state index contributed by atoms with van der Waals surface area (Å²) >= 11 is 0. The van der Waals surface area contributed by atoms with Crippen molar-refractivity contribution in [2.75, 3.05) is 18.5 Å². The second-order valence-electron chi connectivity index (χ2n) is 5.70. The van der Waals surface area contributed by atoms with Crippen molar-refractivity contribution in [3.8, 4) is 28.4 Å². The van der Waals surface area contributed by atoms with Gasteiger partial charge in [-0.15, -0.1) is 0 Å². The van der Waals surface area contributed by atoms with Crippen molar-refractivity contribution in [3.05, 3.63) is 47.9 Å². The molecule has 23 heavy (non-hydrogen) atoms. The lowest BCUT2D eigenvalue weighted by Crippen LogP contribution is -2.17. The van der Waals surface area contributed by atoms with Gasteiger partial charge in [-0.05, 0) is 38.1 Å². The molecule has 0 saturated heterocycles. The van der Waals surface area contributed by atoms with Gasteiger partial charge in [-0.25, -0.2) is 4.98 Å². The maximum atomic E-state index is 5.74. The number of aromatic amines is 1. The molecule has 0 fully saturated rings. The Morgan fingerprint density at radius 1 is 1.09 bits per heavy atom. The second-order valence-corrected chi connectivity index (χ2v) is 5.70. The fraction of sp³-hybridized carbons (Fsp3) is 0.222. The number of benzene rings is 1. The molecule has 0 unspecified atom stereocenters. The Morgan fingerprint density at radius 2 is 2.00 bits per heavy atom. The molecule has 4 rings (SSSR count). The van der Waals surface area contributed by atoms with Crippen molar-refractivity contribution in [1.29, 1.82) is 0 Å². The van der Waals surface area contributed by atoms with Crippen LogP contribution < -0.4 is 10.1 Å². The van der Waals surface area contributed by atoms with E-state index in [2.05, 4.69) is 26.3 Å². The van der Waals surface area contributed by atoms with Crippen molar-refractivity contribution >= 4 is 5.69 Å². The van der Waals surface area contributed by atoms with Crippen molar-refractivity contribution in [1.82, 2.24) is 15.0 Å². The van der Waals surface area contributed by atoms with E-state index in [4.69, 9.17) is 4.74 Å². The highest BCUT2D eigenvalue weighted by Gasteiger charge is 2.17. The number of hydrogen-bond donors (Lipinski definition) is 2. The van der Waals surface area contributed by atoms with E-state index in [-0.39, 0.29) is 0 Å². The molecule has 0 saturated carbocycles. The second kappa shape index (κ2) is 5.43. The third kappa shape index (κ3) is 2.54. The van der Waals surface area contributed by atoms with Crippen LogP contribution in [-0.4, -0.2) is 28.1 Å². The lowest BCUT2D eigenvalue weighted by molar-refractivity contribution is 0.323. The van der Waals surface area contributed by atoms with Crippen molar-refractivity contribution < 1.29 is 4.74 Å². The van der Waals surface area contributed by atoms with Gasteiger partial charge in [0.15, 0.2) is 0 Å². The van der Waals surface area contributed by atoms with Crippen molar-refractivity contribution in [2.45, 2.75) is 13.8 Å². The predicted molar refractivity (Wildman–Crippen MR) is 90.7 cm³/mol. The van der Waals surface area contributed by atoms with Crippen molar-refractivity contribution in [3.63, 3.8) is 0 Å². The number of nitrogens with zero attached hydrogens (tertiary/aromatic N) is 2. The Morgan fingerprint density at radius 3 is 2.87 bits per heavy atom. The largest absolute Gasteiger partial charge is 0.490 e. The highest BCUT2D eigenvalue weighted by molar-refractivity contribution is 5.79. The van der Waals surface area contributed by atoms with E-state index in [1.165, 1.54) is 0 Å². The average molecular weight is 306 g/mol. The molecule has 5 nitrogen and oxygen atoms in total. The fourth-order valence-electron chi connectivity index (χ4n) is 2.85. The van der Waals surface area contributed by atoms with Gasteiger partial charge in [0.05, 0.1) is 22.8 Å². The van der Waals surface area contributed by atoms with Gasteiger partial charge in [-0.1, -0.05) is 12.1 Å². The number of anilines is 1. The van der Waals surface area contributed by atoms with Gasteiger partial charge >= 0.3 is 0 Å². The molecule has 1 aliphatic rings. The summed E-state index contributed by atoms with van der Waals surface area (Å²) in [5, 5.41) is 3.33. The molecule has 0 aliphatic carbocycles. The third-order valence-electron chi connectivity index (χ3n) is 3.90.